The molecule has 18 heavy (non-hydrogen) atoms. The minimum absolute atomic E-state index is 0.774. The third kappa shape index (κ3) is 5.41. The monoisotopic (exact) mass is 375 g/mol. The fourth-order valence-electron chi connectivity index (χ4n) is 1.95. The molecule has 0 spiro atoms. The minimum Gasteiger partial charge on any atom is -0.317 e. The zero-order chi connectivity index (χ0) is 13.5. The highest BCUT2D eigenvalue weighted by atomic mass is 79.9. The van der Waals surface area contributed by atoms with Crippen LogP contribution in [0.3, 0.4) is 0 Å². The van der Waals surface area contributed by atoms with Gasteiger partial charge in [0.05, 0.1) is 0 Å². The summed E-state index contributed by atoms with van der Waals surface area (Å²) in [7, 11) is 0. The number of rotatable bonds is 7. The van der Waals surface area contributed by atoms with Crippen molar-refractivity contribution in [1.29, 1.82) is 0 Å². The molecule has 1 unspecified atom stereocenters. The zero-order valence-electron chi connectivity index (χ0n) is 11.5. The van der Waals surface area contributed by atoms with E-state index in [4.69, 9.17) is 0 Å². The van der Waals surface area contributed by atoms with Crippen LogP contribution in [0.4, 0.5) is 0 Å². The molecule has 0 aliphatic heterocycles. The van der Waals surface area contributed by atoms with Crippen molar-refractivity contribution in [3.8, 4) is 0 Å². The summed E-state index contributed by atoms with van der Waals surface area (Å²) in [5.41, 5.74) is 2.69. The maximum atomic E-state index is 3.66. The molecule has 1 aromatic rings. The van der Waals surface area contributed by atoms with Crippen LogP contribution in [-0.2, 0) is 6.42 Å². The second-order valence-corrected chi connectivity index (χ2v) is 6.69. The van der Waals surface area contributed by atoms with Crippen LogP contribution in [0, 0.1) is 12.8 Å². The van der Waals surface area contributed by atoms with Crippen LogP contribution in [0.1, 0.15) is 37.8 Å². The molecule has 1 N–H and O–H groups in total. The van der Waals surface area contributed by atoms with E-state index in [9.17, 15) is 0 Å². The van der Waals surface area contributed by atoms with Crippen molar-refractivity contribution in [3.63, 3.8) is 0 Å². The van der Waals surface area contributed by atoms with Crippen LogP contribution in [0.15, 0.2) is 21.1 Å². The van der Waals surface area contributed by atoms with Gasteiger partial charge >= 0.3 is 0 Å². The van der Waals surface area contributed by atoms with Gasteiger partial charge in [-0.1, -0.05) is 45.7 Å². The van der Waals surface area contributed by atoms with E-state index in [1.165, 1.54) is 32.9 Å². The Kier molecular flexibility index (Phi) is 7.50. The maximum Gasteiger partial charge on any atom is 0.0210 e. The van der Waals surface area contributed by atoms with E-state index in [0.29, 0.717) is 0 Å². The molecule has 0 amide bonds. The Balaban J connectivity index is 2.45. The SMILES string of the molecule is CCNCCC(C)CCc1cc(Br)c(C)cc1Br. The molecule has 0 bridgehead atoms. The number of aryl methyl sites for hydroxylation is 2. The summed E-state index contributed by atoms with van der Waals surface area (Å²) in [6.45, 7) is 8.83. The largest absolute Gasteiger partial charge is 0.317 e. The number of nitrogens with one attached hydrogen (secondary N) is 1. The van der Waals surface area contributed by atoms with Crippen molar-refractivity contribution in [1.82, 2.24) is 5.32 Å². The summed E-state index contributed by atoms with van der Waals surface area (Å²) in [5, 5.41) is 3.39. The molecule has 1 atom stereocenters. The quantitative estimate of drug-likeness (QED) is 0.653. The molecule has 0 saturated heterocycles. The molecule has 0 saturated carbocycles. The Morgan fingerprint density at radius 3 is 2.56 bits per heavy atom. The number of hydrogen-bond donors (Lipinski definition) is 1. The third-order valence-corrected chi connectivity index (χ3v) is 4.89. The van der Waals surface area contributed by atoms with Crippen molar-refractivity contribution in [2.75, 3.05) is 13.1 Å². The molecule has 0 fully saturated rings. The van der Waals surface area contributed by atoms with Crippen molar-refractivity contribution in [2.24, 2.45) is 5.92 Å². The average molecular weight is 377 g/mol. The summed E-state index contributed by atoms with van der Waals surface area (Å²) < 4.78 is 2.45. The molecular weight excluding hydrogens is 354 g/mol. The highest BCUT2D eigenvalue weighted by molar-refractivity contribution is 9.11. The predicted molar refractivity (Wildman–Crippen MR) is 87.2 cm³/mol. The van der Waals surface area contributed by atoms with Gasteiger partial charge in [0, 0.05) is 8.95 Å². The van der Waals surface area contributed by atoms with Crippen molar-refractivity contribution >= 4 is 31.9 Å². The van der Waals surface area contributed by atoms with Crippen LogP contribution in [0.5, 0.6) is 0 Å². The van der Waals surface area contributed by atoms with Gasteiger partial charge in [-0.3, -0.25) is 0 Å². The Labute approximate surface area is 128 Å². The molecule has 0 aliphatic carbocycles. The van der Waals surface area contributed by atoms with Crippen LogP contribution in [0.25, 0.3) is 0 Å². The van der Waals surface area contributed by atoms with E-state index >= 15 is 0 Å². The molecule has 0 aliphatic rings. The lowest BCUT2D eigenvalue weighted by Crippen LogP contribution is -2.16. The van der Waals surface area contributed by atoms with Gasteiger partial charge in [0.1, 0.15) is 0 Å². The molecule has 0 radical (unpaired) electrons. The Morgan fingerprint density at radius 1 is 1.17 bits per heavy atom. The van der Waals surface area contributed by atoms with Crippen LogP contribution >= 0.6 is 31.9 Å². The molecule has 0 aromatic heterocycles. The first-order chi connectivity index (χ1) is 8.54. The van der Waals surface area contributed by atoms with Crippen LogP contribution in [-0.4, -0.2) is 13.1 Å². The van der Waals surface area contributed by atoms with Crippen LogP contribution in [0.2, 0.25) is 0 Å². The first-order valence-electron chi connectivity index (χ1n) is 6.69. The van der Waals surface area contributed by atoms with Gasteiger partial charge in [0.15, 0.2) is 0 Å². The summed E-state index contributed by atoms with van der Waals surface area (Å²) in [6.07, 6.45) is 3.66. The summed E-state index contributed by atoms with van der Waals surface area (Å²) in [6, 6.07) is 4.44. The first kappa shape index (κ1) is 16.2. The highest BCUT2D eigenvalue weighted by Crippen LogP contribution is 2.27. The molecular formula is C15H23Br2N. The molecule has 1 aromatic carbocycles. The fraction of sp³-hybridized carbons (Fsp3) is 0.600. The summed E-state index contributed by atoms with van der Waals surface area (Å²) in [4.78, 5) is 0. The van der Waals surface area contributed by atoms with Crippen molar-refractivity contribution in [3.05, 3.63) is 32.2 Å². The normalized spacial score (nSPS) is 12.7. The van der Waals surface area contributed by atoms with E-state index in [1.807, 2.05) is 0 Å². The lowest BCUT2D eigenvalue weighted by molar-refractivity contribution is 0.474. The predicted octanol–water partition coefficient (Wildman–Crippen LogP) is 5.09. The second kappa shape index (κ2) is 8.34. The average Bonchev–Trinajstić information content (AvgIpc) is 2.32. The van der Waals surface area contributed by atoms with Gasteiger partial charge in [-0.2, -0.15) is 0 Å². The Bertz CT molecular complexity index is 377. The highest BCUT2D eigenvalue weighted by Gasteiger charge is 2.07. The summed E-state index contributed by atoms with van der Waals surface area (Å²) >= 11 is 7.27. The lowest BCUT2D eigenvalue weighted by atomic mass is 9.98. The molecule has 1 rings (SSSR count). The number of halogens is 2. The molecule has 3 heteroatoms. The van der Waals surface area contributed by atoms with Gasteiger partial charge in [0.2, 0.25) is 0 Å². The van der Waals surface area contributed by atoms with E-state index in [2.05, 4.69) is 70.1 Å². The molecule has 1 nitrogen and oxygen atoms in total. The second-order valence-electron chi connectivity index (χ2n) is 4.98. The van der Waals surface area contributed by atoms with Gasteiger partial charge in [-0.15, -0.1) is 0 Å². The maximum absolute atomic E-state index is 3.66. The van der Waals surface area contributed by atoms with Gasteiger partial charge in [-0.05, 0) is 68.5 Å². The Hall–Kier alpha value is 0.140. The zero-order valence-corrected chi connectivity index (χ0v) is 14.7. The molecule has 102 valence electrons. The van der Waals surface area contributed by atoms with E-state index < -0.39 is 0 Å². The molecule has 0 heterocycles. The first-order valence-corrected chi connectivity index (χ1v) is 8.28. The van der Waals surface area contributed by atoms with Crippen LogP contribution < -0.4 is 5.32 Å². The van der Waals surface area contributed by atoms with Crippen molar-refractivity contribution in [2.45, 2.75) is 40.0 Å². The third-order valence-electron chi connectivity index (χ3n) is 3.30. The number of benzene rings is 1. The van der Waals surface area contributed by atoms with E-state index in [0.717, 1.165) is 25.4 Å². The number of hydrogen-bond acceptors (Lipinski definition) is 1. The smallest absolute Gasteiger partial charge is 0.0210 e. The van der Waals surface area contributed by atoms with Gasteiger partial charge in [-0.25, -0.2) is 0 Å². The fourth-order valence-corrected chi connectivity index (χ4v) is 3.00. The Morgan fingerprint density at radius 2 is 1.89 bits per heavy atom. The van der Waals surface area contributed by atoms with Gasteiger partial charge in [0.25, 0.3) is 0 Å². The van der Waals surface area contributed by atoms with E-state index in [-0.39, 0.29) is 0 Å². The lowest BCUT2D eigenvalue weighted by Gasteiger charge is -2.13. The minimum atomic E-state index is 0.774. The van der Waals surface area contributed by atoms with Gasteiger partial charge < -0.3 is 5.32 Å². The summed E-state index contributed by atoms with van der Waals surface area (Å²) in [5.74, 6) is 0.774. The van der Waals surface area contributed by atoms with E-state index in [1.54, 1.807) is 0 Å². The standard InChI is InChI=1S/C15H23Br2N/c1-4-18-8-7-11(2)5-6-13-10-14(16)12(3)9-15(13)17/h9-11,18H,4-8H2,1-3H3. The van der Waals surface area contributed by atoms with Crippen molar-refractivity contribution < 1.29 is 0 Å². The topological polar surface area (TPSA) is 12.0 Å².